The normalized spacial score (nSPS) is 10.9. The van der Waals surface area contributed by atoms with Gasteiger partial charge in [0, 0.05) is 24.0 Å². The number of hydrogen-bond acceptors (Lipinski definition) is 4. The first-order valence-corrected chi connectivity index (χ1v) is 8.95. The Kier molecular flexibility index (Phi) is 4.70. The fraction of sp³-hybridized carbons (Fsp3) is 0.190. The maximum absolute atomic E-state index is 4.66. The molecule has 2 aromatic heterocycles. The molecule has 0 bridgehead atoms. The Labute approximate surface area is 158 Å². The van der Waals surface area contributed by atoms with E-state index in [0.29, 0.717) is 13.1 Å². The molecule has 4 aromatic rings. The van der Waals surface area contributed by atoms with Gasteiger partial charge in [0.15, 0.2) is 0 Å². The number of nitrogens with zero attached hydrogens (tertiary/aromatic N) is 5. The van der Waals surface area contributed by atoms with Crippen LogP contribution in [0.25, 0.3) is 5.69 Å². The van der Waals surface area contributed by atoms with Gasteiger partial charge in [-0.15, -0.1) is 0 Å². The summed E-state index contributed by atoms with van der Waals surface area (Å²) in [4.78, 5) is 4.01. The van der Waals surface area contributed by atoms with Crippen molar-refractivity contribution >= 4 is 5.69 Å². The van der Waals surface area contributed by atoms with Crippen molar-refractivity contribution in [2.75, 3.05) is 5.32 Å². The molecular formula is C21H22N6. The van der Waals surface area contributed by atoms with E-state index in [9.17, 15) is 0 Å². The third kappa shape index (κ3) is 3.89. The minimum Gasteiger partial charge on any atom is -0.381 e. The summed E-state index contributed by atoms with van der Waals surface area (Å²) < 4.78 is 3.76. The molecule has 0 radical (unpaired) electrons. The van der Waals surface area contributed by atoms with E-state index >= 15 is 0 Å². The van der Waals surface area contributed by atoms with Gasteiger partial charge in [0.1, 0.15) is 12.7 Å². The van der Waals surface area contributed by atoms with E-state index in [1.165, 1.54) is 16.7 Å². The SMILES string of the molecule is Cc1ccc(-n2cc(CNc3ccccc3Cn3cncn3)c(C)n2)cc1. The van der Waals surface area contributed by atoms with Crippen molar-refractivity contribution < 1.29 is 0 Å². The summed E-state index contributed by atoms with van der Waals surface area (Å²) in [5.41, 5.74) is 6.78. The lowest BCUT2D eigenvalue weighted by atomic mass is 10.1. The van der Waals surface area contributed by atoms with E-state index in [-0.39, 0.29) is 0 Å². The van der Waals surface area contributed by atoms with Gasteiger partial charge in [-0.05, 0) is 37.6 Å². The Morgan fingerprint density at radius 2 is 1.78 bits per heavy atom. The summed E-state index contributed by atoms with van der Waals surface area (Å²) in [7, 11) is 0. The van der Waals surface area contributed by atoms with E-state index in [4.69, 9.17) is 0 Å². The second kappa shape index (κ2) is 7.45. The van der Waals surface area contributed by atoms with Gasteiger partial charge >= 0.3 is 0 Å². The van der Waals surface area contributed by atoms with Crippen LogP contribution in [0.3, 0.4) is 0 Å². The molecule has 2 heterocycles. The second-order valence-corrected chi connectivity index (χ2v) is 6.62. The van der Waals surface area contributed by atoms with Crippen LogP contribution < -0.4 is 5.32 Å². The number of nitrogens with one attached hydrogen (secondary N) is 1. The number of aromatic nitrogens is 5. The number of hydrogen-bond donors (Lipinski definition) is 1. The molecule has 0 atom stereocenters. The average Bonchev–Trinajstić information content (AvgIpc) is 3.31. The summed E-state index contributed by atoms with van der Waals surface area (Å²) >= 11 is 0. The van der Waals surface area contributed by atoms with E-state index in [1.54, 1.807) is 12.7 Å². The molecule has 0 aliphatic rings. The summed E-state index contributed by atoms with van der Waals surface area (Å²) in [6, 6.07) is 16.7. The highest BCUT2D eigenvalue weighted by Gasteiger charge is 2.08. The number of benzene rings is 2. The fourth-order valence-corrected chi connectivity index (χ4v) is 3.01. The Hall–Kier alpha value is -3.41. The predicted octanol–water partition coefficient (Wildman–Crippen LogP) is 3.74. The van der Waals surface area contributed by atoms with Crippen molar-refractivity contribution in [3.63, 3.8) is 0 Å². The van der Waals surface area contributed by atoms with Crippen molar-refractivity contribution in [1.29, 1.82) is 0 Å². The Bertz CT molecular complexity index is 1020. The number of aryl methyl sites for hydroxylation is 2. The first-order chi connectivity index (χ1) is 13.2. The van der Waals surface area contributed by atoms with E-state index in [0.717, 1.165) is 17.1 Å². The van der Waals surface area contributed by atoms with Crippen LogP contribution in [0.1, 0.15) is 22.4 Å². The van der Waals surface area contributed by atoms with Crippen molar-refractivity contribution in [3.05, 3.63) is 89.8 Å². The third-order valence-electron chi connectivity index (χ3n) is 4.58. The zero-order chi connectivity index (χ0) is 18.6. The van der Waals surface area contributed by atoms with Crippen LogP contribution in [0, 0.1) is 13.8 Å². The van der Waals surface area contributed by atoms with Crippen molar-refractivity contribution in [3.8, 4) is 5.69 Å². The summed E-state index contributed by atoms with van der Waals surface area (Å²) in [6.45, 7) is 5.53. The van der Waals surface area contributed by atoms with E-state index in [1.807, 2.05) is 28.4 Å². The number of rotatable bonds is 6. The van der Waals surface area contributed by atoms with Crippen LogP contribution >= 0.6 is 0 Å². The Balaban J connectivity index is 1.50. The molecule has 0 saturated carbocycles. The van der Waals surface area contributed by atoms with Gasteiger partial charge < -0.3 is 5.32 Å². The zero-order valence-corrected chi connectivity index (χ0v) is 15.5. The lowest BCUT2D eigenvalue weighted by Crippen LogP contribution is -2.06. The zero-order valence-electron chi connectivity index (χ0n) is 15.5. The topological polar surface area (TPSA) is 60.6 Å². The minimum atomic E-state index is 0.685. The molecule has 0 unspecified atom stereocenters. The molecule has 1 N–H and O–H groups in total. The smallest absolute Gasteiger partial charge is 0.137 e. The van der Waals surface area contributed by atoms with Crippen LogP contribution in [0.4, 0.5) is 5.69 Å². The Morgan fingerprint density at radius 1 is 0.963 bits per heavy atom. The molecule has 0 spiro atoms. The monoisotopic (exact) mass is 358 g/mol. The number of para-hydroxylation sites is 1. The van der Waals surface area contributed by atoms with Gasteiger partial charge in [0.25, 0.3) is 0 Å². The van der Waals surface area contributed by atoms with Crippen LogP contribution in [-0.4, -0.2) is 24.5 Å². The number of anilines is 1. The van der Waals surface area contributed by atoms with Gasteiger partial charge in [0.2, 0.25) is 0 Å². The summed E-state index contributed by atoms with van der Waals surface area (Å²) in [6.07, 6.45) is 5.37. The fourth-order valence-electron chi connectivity index (χ4n) is 3.01. The first kappa shape index (κ1) is 17.0. The molecule has 0 saturated heterocycles. The summed E-state index contributed by atoms with van der Waals surface area (Å²) in [5.74, 6) is 0. The highest BCUT2D eigenvalue weighted by Crippen LogP contribution is 2.19. The molecule has 0 fully saturated rings. The molecule has 0 aliphatic carbocycles. The summed E-state index contributed by atoms with van der Waals surface area (Å²) in [5, 5.41) is 12.4. The second-order valence-electron chi connectivity index (χ2n) is 6.62. The molecule has 4 rings (SSSR count). The van der Waals surface area contributed by atoms with Gasteiger partial charge in [-0.1, -0.05) is 35.9 Å². The van der Waals surface area contributed by atoms with Gasteiger partial charge in [-0.2, -0.15) is 10.2 Å². The molecule has 0 aliphatic heterocycles. The highest BCUT2D eigenvalue weighted by molar-refractivity contribution is 5.51. The van der Waals surface area contributed by atoms with Crippen LogP contribution in [0.5, 0.6) is 0 Å². The molecule has 0 amide bonds. The van der Waals surface area contributed by atoms with Gasteiger partial charge in [-0.3, -0.25) is 0 Å². The van der Waals surface area contributed by atoms with Crippen molar-refractivity contribution in [1.82, 2.24) is 24.5 Å². The predicted molar refractivity (Wildman–Crippen MR) is 106 cm³/mol. The molecule has 2 aromatic carbocycles. The molecular weight excluding hydrogens is 336 g/mol. The third-order valence-corrected chi connectivity index (χ3v) is 4.58. The standard InChI is InChI=1S/C21H22N6/c1-16-7-9-20(10-8-16)27-13-19(17(2)25-27)11-23-21-6-4-3-5-18(21)12-26-15-22-14-24-26/h3-10,13-15,23H,11-12H2,1-2H3. The molecule has 6 heteroatoms. The van der Waals surface area contributed by atoms with Crippen LogP contribution in [0.15, 0.2) is 67.4 Å². The first-order valence-electron chi connectivity index (χ1n) is 8.95. The van der Waals surface area contributed by atoms with Gasteiger partial charge in [0.05, 0.1) is 17.9 Å². The largest absolute Gasteiger partial charge is 0.381 e. The van der Waals surface area contributed by atoms with Crippen LogP contribution in [-0.2, 0) is 13.1 Å². The van der Waals surface area contributed by atoms with E-state index in [2.05, 4.69) is 70.0 Å². The Morgan fingerprint density at radius 3 is 2.56 bits per heavy atom. The van der Waals surface area contributed by atoms with Gasteiger partial charge in [-0.25, -0.2) is 14.3 Å². The highest BCUT2D eigenvalue weighted by atomic mass is 15.3. The quantitative estimate of drug-likeness (QED) is 0.570. The lowest BCUT2D eigenvalue weighted by Gasteiger charge is -2.11. The maximum Gasteiger partial charge on any atom is 0.137 e. The average molecular weight is 358 g/mol. The minimum absolute atomic E-state index is 0.685. The molecule has 136 valence electrons. The van der Waals surface area contributed by atoms with Crippen LogP contribution in [0.2, 0.25) is 0 Å². The van der Waals surface area contributed by atoms with Crippen molar-refractivity contribution in [2.24, 2.45) is 0 Å². The van der Waals surface area contributed by atoms with E-state index < -0.39 is 0 Å². The lowest BCUT2D eigenvalue weighted by molar-refractivity contribution is 0.685. The molecule has 6 nitrogen and oxygen atoms in total. The van der Waals surface area contributed by atoms with Crippen molar-refractivity contribution in [2.45, 2.75) is 26.9 Å². The maximum atomic E-state index is 4.66. The molecule has 27 heavy (non-hydrogen) atoms.